The van der Waals surface area contributed by atoms with Crippen LogP contribution in [0.1, 0.15) is 22.6 Å². The molecule has 0 aliphatic carbocycles. The van der Waals surface area contributed by atoms with Crippen molar-refractivity contribution in [3.05, 3.63) is 41.3 Å². The van der Waals surface area contributed by atoms with Crippen molar-refractivity contribution < 1.29 is 4.52 Å². The maximum atomic E-state index is 5.31. The molecule has 6 nitrogen and oxygen atoms in total. The zero-order chi connectivity index (χ0) is 16.0. The summed E-state index contributed by atoms with van der Waals surface area (Å²) in [5.41, 5.74) is 4.05. The van der Waals surface area contributed by atoms with Gasteiger partial charge in [-0.25, -0.2) is 9.97 Å². The Balaban J connectivity index is 1.83. The van der Waals surface area contributed by atoms with Gasteiger partial charge in [-0.15, -0.1) is 11.8 Å². The van der Waals surface area contributed by atoms with E-state index in [2.05, 4.69) is 38.1 Å². The van der Waals surface area contributed by atoms with Crippen molar-refractivity contribution in [2.45, 2.75) is 20.8 Å². The summed E-state index contributed by atoms with van der Waals surface area (Å²) in [7, 11) is 0. The number of aromatic amines is 1. The van der Waals surface area contributed by atoms with Crippen LogP contribution in [0.2, 0.25) is 0 Å². The minimum absolute atomic E-state index is 0.855. The highest BCUT2D eigenvalue weighted by Gasteiger charge is 2.22. The summed E-state index contributed by atoms with van der Waals surface area (Å²) in [6.45, 7) is 6.91. The lowest BCUT2D eigenvalue weighted by atomic mass is 10.2. The fourth-order valence-corrected chi connectivity index (χ4v) is 4.10. The molecule has 3 aromatic rings. The third-order valence-electron chi connectivity index (χ3n) is 4.06. The molecule has 0 radical (unpaired) electrons. The van der Waals surface area contributed by atoms with Crippen molar-refractivity contribution in [2.75, 3.05) is 17.2 Å². The number of rotatable bonds is 2. The van der Waals surface area contributed by atoms with Crippen LogP contribution in [0, 0.1) is 20.8 Å². The molecular weight excluding hydrogens is 310 g/mol. The summed E-state index contributed by atoms with van der Waals surface area (Å²) in [5, 5.41) is 5.14. The first-order valence-electron chi connectivity index (χ1n) is 7.48. The highest BCUT2D eigenvalue weighted by molar-refractivity contribution is 8.08. The van der Waals surface area contributed by atoms with E-state index in [1.165, 1.54) is 4.91 Å². The van der Waals surface area contributed by atoms with E-state index in [9.17, 15) is 0 Å². The fraction of sp³-hybridized carbons (Fsp3) is 0.312. The van der Waals surface area contributed by atoms with Gasteiger partial charge < -0.3 is 14.4 Å². The van der Waals surface area contributed by atoms with Crippen LogP contribution < -0.4 is 4.90 Å². The van der Waals surface area contributed by atoms with Crippen LogP contribution in [-0.2, 0) is 0 Å². The monoisotopic (exact) mass is 327 g/mol. The number of hydrogen-bond acceptors (Lipinski definition) is 6. The molecule has 0 aromatic carbocycles. The van der Waals surface area contributed by atoms with Gasteiger partial charge in [-0.2, -0.15) is 0 Å². The van der Waals surface area contributed by atoms with Gasteiger partial charge in [0, 0.05) is 29.6 Å². The summed E-state index contributed by atoms with van der Waals surface area (Å²) in [5.74, 6) is 2.79. The van der Waals surface area contributed by atoms with E-state index >= 15 is 0 Å². The van der Waals surface area contributed by atoms with Crippen LogP contribution in [0.4, 0.5) is 5.82 Å². The van der Waals surface area contributed by atoms with Crippen LogP contribution >= 0.6 is 11.8 Å². The molecule has 4 rings (SSSR count). The maximum absolute atomic E-state index is 5.31. The Morgan fingerprint density at radius 2 is 2.13 bits per heavy atom. The standard InChI is InChI=1S/C16H17N5OS/c1-9-6-17-15-13(9)16(19-8-18-15)21-4-5-23-12(7-21)14-10(2)20-22-11(14)3/h6-8H,4-5H2,1-3H3,(H,17,18,19). The average Bonchev–Trinajstić information content (AvgIpc) is 3.10. The van der Waals surface area contributed by atoms with E-state index < -0.39 is 0 Å². The summed E-state index contributed by atoms with van der Waals surface area (Å²) in [6.07, 6.45) is 5.73. The lowest BCUT2D eigenvalue weighted by Crippen LogP contribution is -2.24. The minimum atomic E-state index is 0.855. The molecule has 3 aromatic heterocycles. The lowest BCUT2D eigenvalue weighted by Gasteiger charge is -2.26. The zero-order valence-electron chi connectivity index (χ0n) is 13.3. The number of anilines is 1. The zero-order valence-corrected chi connectivity index (χ0v) is 14.1. The van der Waals surface area contributed by atoms with E-state index in [1.54, 1.807) is 6.33 Å². The van der Waals surface area contributed by atoms with Gasteiger partial charge in [-0.3, -0.25) is 0 Å². The van der Waals surface area contributed by atoms with E-state index in [0.29, 0.717) is 0 Å². The lowest BCUT2D eigenvalue weighted by molar-refractivity contribution is 0.393. The normalized spacial score (nSPS) is 15.3. The molecule has 7 heteroatoms. The molecule has 0 atom stereocenters. The molecule has 0 unspecified atom stereocenters. The highest BCUT2D eigenvalue weighted by atomic mass is 32.2. The number of nitrogens with one attached hydrogen (secondary N) is 1. The van der Waals surface area contributed by atoms with Crippen LogP contribution in [-0.4, -0.2) is 32.4 Å². The number of aromatic nitrogens is 4. The van der Waals surface area contributed by atoms with Crippen LogP contribution in [0.15, 0.2) is 23.2 Å². The first kappa shape index (κ1) is 14.3. The predicted octanol–water partition coefficient (Wildman–Crippen LogP) is 3.42. The SMILES string of the molecule is Cc1noc(C)c1C1=CN(c2ncnc3[nH]cc(C)c23)CCS1. The largest absolute Gasteiger partial charge is 0.361 e. The van der Waals surface area contributed by atoms with Gasteiger partial charge in [0.25, 0.3) is 0 Å². The average molecular weight is 327 g/mol. The maximum Gasteiger partial charge on any atom is 0.145 e. The van der Waals surface area contributed by atoms with Gasteiger partial charge in [-0.1, -0.05) is 5.16 Å². The summed E-state index contributed by atoms with van der Waals surface area (Å²) < 4.78 is 5.31. The molecule has 0 bridgehead atoms. The fourth-order valence-electron chi connectivity index (χ4n) is 2.95. The molecule has 1 aliphatic rings. The number of hydrogen-bond donors (Lipinski definition) is 1. The van der Waals surface area contributed by atoms with E-state index in [4.69, 9.17) is 4.52 Å². The summed E-state index contributed by atoms with van der Waals surface area (Å²) in [4.78, 5) is 15.4. The highest BCUT2D eigenvalue weighted by Crippen LogP contribution is 2.37. The number of H-pyrrole nitrogens is 1. The molecule has 23 heavy (non-hydrogen) atoms. The second kappa shape index (κ2) is 5.42. The van der Waals surface area contributed by atoms with Crippen LogP contribution in [0.5, 0.6) is 0 Å². The van der Waals surface area contributed by atoms with Crippen LogP contribution in [0.3, 0.4) is 0 Å². The molecule has 0 amide bonds. The Labute approximate surface area is 138 Å². The predicted molar refractivity (Wildman–Crippen MR) is 92.4 cm³/mol. The number of nitrogens with zero attached hydrogens (tertiary/aromatic N) is 4. The van der Waals surface area contributed by atoms with Gasteiger partial charge in [0.2, 0.25) is 0 Å². The van der Waals surface area contributed by atoms with Crippen molar-refractivity contribution >= 4 is 33.5 Å². The second-order valence-electron chi connectivity index (χ2n) is 5.63. The van der Waals surface area contributed by atoms with Crippen molar-refractivity contribution in [3.63, 3.8) is 0 Å². The molecule has 0 fully saturated rings. The minimum Gasteiger partial charge on any atom is -0.361 e. The van der Waals surface area contributed by atoms with Crippen molar-refractivity contribution in [1.82, 2.24) is 20.1 Å². The third-order valence-corrected chi connectivity index (χ3v) is 5.07. The van der Waals surface area contributed by atoms with Crippen molar-refractivity contribution in [2.24, 2.45) is 0 Å². The van der Waals surface area contributed by atoms with Gasteiger partial charge >= 0.3 is 0 Å². The Bertz CT molecular complexity index is 891. The van der Waals surface area contributed by atoms with Gasteiger partial charge in [-0.05, 0) is 26.3 Å². The topological polar surface area (TPSA) is 70.8 Å². The van der Waals surface area contributed by atoms with Crippen molar-refractivity contribution in [1.29, 1.82) is 0 Å². The second-order valence-corrected chi connectivity index (χ2v) is 6.76. The van der Waals surface area contributed by atoms with Gasteiger partial charge in [0.1, 0.15) is 23.6 Å². The molecule has 118 valence electrons. The molecule has 1 aliphatic heterocycles. The molecular formula is C16H17N5OS. The smallest absolute Gasteiger partial charge is 0.145 e. The van der Waals surface area contributed by atoms with E-state index in [-0.39, 0.29) is 0 Å². The molecule has 1 N–H and O–H groups in total. The summed E-state index contributed by atoms with van der Waals surface area (Å²) >= 11 is 1.83. The Morgan fingerprint density at radius 1 is 1.26 bits per heavy atom. The number of aryl methyl sites for hydroxylation is 3. The summed E-state index contributed by atoms with van der Waals surface area (Å²) in [6, 6.07) is 0. The first-order valence-corrected chi connectivity index (χ1v) is 8.47. The Morgan fingerprint density at radius 3 is 2.91 bits per heavy atom. The van der Waals surface area contributed by atoms with Crippen molar-refractivity contribution in [3.8, 4) is 0 Å². The Hall–Kier alpha value is -2.28. The number of fused-ring (bicyclic) bond motifs is 1. The number of thioether (sulfide) groups is 1. The third kappa shape index (κ3) is 2.31. The molecule has 0 saturated heterocycles. The first-order chi connectivity index (χ1) is 11.1. The molecule has 0 saturated carbocycles. The van der Waals surface area contributed by atoms with Gasteiger partial charge in [0.05, 0.1) is 16.6 Å². The van der Waals surface area contributed by atoms with Crippen LogP contribution in [0.25, 0.3) is 15.9 Å². The molecule has 4 heterocycles. The van der Waals surface area contributed by atoms with E-state index in [0.717, 1.165) is 51.7 Å². The molecule has 0 spiro atoms. The van der Waals surface area contributed by atoms with E-state index in [1.807, 2.05) is 31.8 Å². The quantitative estimate of drug-likeness (QED) is 0.777. The van der Waals surface area contributed by atoms with Gasteiger partial charge in [0.15, 0.2) is 0 Å². The Kier molecular flexibility index (Phi) is 3.37.